The molecule has 1 heterocycles. The minimum atomic E-state index is -0.459. The fourth-order valence-corrected chi connectivity index (χ4v) is 3.28. The molecule has 0 unspecified atom stereocenters. The van der Waals surface area contributed by atoms with Crippen LogP contribution in [0, 0.1) is 0 Å². The Morgan fingerprint density at radius 3 is 2.35 bits per heavy atom. The van der Waals surface area contributed by atoms with Crippen LogP contribution in [-0.4, -0.2) is 65.4 Å². The summed E-state index contributed by atoms with van der Waals surface area (Å²) < 4.78 is 10.6. The van der Waals surface area contributed by atoms with Gasteiger partial charge in [0.05, 0.1) is 14.2 Å². The van der Waals surface area contributed by atoms with Crippen LogP contribution in [0.5, 0.6) is 11.5 Å². The van der Waals surface area contributed by atoms with E-state index in [2.05, 4.69) is 16.7 Å². The van der Waals surface area contributed by atoms with Crippen molar-refractivity contribution >= 4 is 11.9 Å². The number of hydrogen-bond acceptors (Lipinski definition) is 4. The van der Waals surface area contributed by atoms with Crippen LogP contribution >= 0.6 is 0 Å². The first kappa shape index (κ1) is 20.0. The van der Waals surface area contributed by atoms with Crippen LogP contribution in [0.15, 0.2) is 18.2 Å². The van der Waals surface area contributed by atoms with E-state index >= 15 is 0 Å². The van der Waals surface area contributed by atoms with E-state index in [9.17, 15) is 9.59 Å². The average Bonchev–Trinajstić information content (AvgIpc) is 2.67. The predicted octanol–water partition coefficient (Wildman–Crippen LogP) is -2.17. The second kappa shape index (κ2) is 9.40. The molecule has 8 nitrogen and oxygen atoms in total. The first-order chi connectivity index (χ1) is 12.5. The molecule has 3 amide bonds. The van der Waals surface area contributed by atoms with E-state index in [0.717, 1.165) is 44.2 Å². The van der Waals surface area contributed by atoms with Gasteiger partial charge in [-0.15, -0.1) is 0 Å². The number of carbonyl (C=O) groups excluding carboxylic acids is 2. The standard InChI is InChI=1S/C18H28N4O4/c1-13(17(23)20-18(24)19-2)22-9-7-21(8-10-22)12-14-5-6-15(25-3)16(11-14)26-4/h5-6,11,13H,7-10,12H2,1-4H3,(H2,19,20,23,24)/p+2/t13-/m0/s1. The van der Waals surface area contributed by atoms with Gasteiger partial charge in [0.2, 0.25) is 0 Å². The molecule has 0 saturated carbocycles. The van der Waals surface area contributed by atoms with Gasteiger partial charge in [0.1, 0.15) is 32.7 Å². The van der Waals surface area contributed by atoms with E-state index in [0.29, 0.717) is 0 Å². The molecule has 8 heteroatoms. The highest BCUT2D eigenvalue weighted by Crippen LogP contribution is 2.27. The van der Waals surface area contributed by atoms with Crippen molar-refractivity contribution in [3.8, 4) is 11.5 Å². The van der Waals surface area contributed by atoms with Crippen LogP contribution < -0.4 is 29.9 Å². The summed E-state index contributed by atoms with van der Waals surface area (Å²) >= 11 is 0. The van der Waals surface area contributed by atoms with Crippen molar-refractivity contribution in [2.45, 2.75) is 19.5 Å². The molecule has 2 rings (SSSR count). The maximum absolute atomic E-state index is 12.1. The van der Waals surface area contributed by atoms with Crippen molar-refractivity contribution in [3.05, 3.63) is 23.8 Å². The van der Waals surface area contributed by atoms with Crippen molar-refractivity contribution in [1.29, 1.82) is 0 Å². The maximum Gasteiger partial charge on any atom is 0.321 e. The third-order valence-electron chi connectivity index (χ3n) is 4.97. The largest absolute Gasteiger partial charge is 0.493 e. The number of benzene rings is 1. The van der Waals surface area contributed by atoms with Gasteiger partial charge in [-0.2, -0.15) is 0 Å². The molecule has 1 saturated heterocycles. The van der Waals surface area contributed by atoms with Crippen molar-refractivity contribution in [3.63, 3.8) is 0 Å². The van der Waals surface area contributed by atoms with E-state index in [1.54, 1.807) is 14.2 Å². The van der Waals surface area contributed by atoms with Gasteiger partial charge in [-0.1, -0.05) is 0 Å². The van der Waals surface area contributed by atoms with Crippen molar-refractivity contribution in [1.82, 2.24) is 10.6 Å². The lowest BCUT2D eigenvalue weighted by atomic mass is 10.1. The molecule has 1 atom stereocenters. The highest BCUT2D eigenvalue weighted by Gasteiger charge is 2.31. The van der Waals surface area contributed by atoms with Gasteiger partial charge in [-0.05, 0) is 25.1 Å². The van der Waals surface area contributed by atoms with E-state index < -0.39 is 6.03 Å². The van der Waals surface area contributed by atoms with Crippen LogP contribution in [0.4, 0.5) is 4.79 Å². The van der Waals surface area contributed by atoms with Crippen LogP contribution in [-0.2, 0) is 11.3 Å². The Morgan fingerprint density at radius 1 is 1.12 bits per heavy atom. The molecule has 0 bridgehead atoms. The zero-order valence-corrected chi connectivity index (χ0v) is 16.0. The number of methoxy groups -OCH3 is 2. The second-order valence-electron chi connectivity index (χ2n) is 6.56. The van der Waals surface area contributed by atoms with Crippen LogP contribution in [0.3, 0.4) is 0 Å². The molecule has 0 spiro atoms. The number of imide groups is 1. The topological polar surface area (TPSA) is 85.5 Å². The zero-order chi connectivity index (χ0) is 19.1. The van der Waals surface area contributed by atoms with Gasteiger partial charge < -0.3 is 24.6 Å². The number of carbonyl (C=O) groups is 2. The molecule has 144 valence electrons. The van der Waals surface area contributed by atoms with Gasteiger partial charge in [0.25, 0.3) is 5.91 Å². The summed E-state index contributed by atoms with van der Waals surface area (Å²) in [6.07, 6.45) is 0. The molecular weight excluding hydrogens is 336 g/mol. The number of quaternary nitrogens is 2. The number of ether oxygens (including phenoxy) is 2. The Hall–Kier alpha value is -2.32. The molecule has 1 aromatic rings. The number of urea groups is 1. The lowest BCUT2D eigenvalue weighted by Crippen LogP contribution is -3.29. The van der Waals surface area contributed by atoms with E-state index in [4.69, 9.17) is 9.47 Å². The highest BCUT2D eigenvalue weighted by atomic mass is 16.5. The molecule has 26 heavy (non-hydrogen) atoms. The van der Waals surface area contributed by atoms with Crippen molar-refractivity contribution in [2.24, 2.45) is 0 Å². The van der Waals surface area contributed by atoms with Crippen LogP contribution in [0.25, 0.3) is 0 Å². The molecule has 1 fully saturated rings. The fraction of sp³-hybridized carbons (Fsp3) is 0.556. The molecular formula is C18H30N4O4+2. The summed E-state index contributed by atoms with van der Waals surface area (Å²) in [4.78, 5) is 26.1. The van der Waals surface area contributed by atoms with Gasteiger partial charge in [0.15, 0.2) is 17.5 Å². The molecule has 1 aliphatic heterocycles. The quantitative estimate of drug-likeness (QED) is 0.462. The average molecular weight is 366 g/mol. The Morgan fingerprint density at radius 2 is 1.77 bits per heavy atom. The molecule has 0 aromatic heterocycles. The number of rotatable bonds is 6. The third kappa shape index (κ3) is 5.09. The van der Waals surface area contributed by atoms with E-state index in [-0.39, 0.29) is 11.9 Å². The van der Waals surface area contributed by atoms with Crippen LogP contribution in [0.1, 0.15) is 12.5 Å². The Balaban J connectivity index is 1.86. The zero-order valence-electron chi connectivity index (χ0n) is 16.0. The molecule has 4 N–H and O–H groups in total. The third-order valence-corrected chi connectivity index (χ3v) is 4.97. The van der Waals surface area contributed by atoms with Crippen LogP contribution in [0.2, 0.25) is 0 Å². The summed E-state index contributed by atoms with van der Waals surface area (Å²) in [5, 5.41) is 4.76. The van der Waals surface area contributed by atoms with E-state index in [1.807, 2.05) is 19.1 Å². The minimum Gasteiger partial charge on any atom is -0.493 e. The van der Waals surface area contributed by atoms with Gasteiger partial charge in [-0.25, -0.2) is 4.79 Å². The lowest BCUT2D eigenvalue weighted by molar-refractivity contribution is -1.02. The summed E-state index contributed by atoms with van der Waals surface area (Å²) in [7, 11) is 4.77. The first-order valence-corrected chi connectivity index (χ1v) is 8.90. The number of nitrogens with one attached hydrogen (secondary N) is 4. The molecule has 0 radical (unpaired) electrons. The van der Waals surface area contributed by atoms with Crippen molar-refractivity contribution < 1.29 is 28.9 Å². The van der Waals surface area contributed by atoms with E-state index in [1.165, 1.54) is 22.4 Å². The fourth-order valence-electron chi connectivity index (χ4n) is 3.28. The summed E-state index contributed by atoms with van der Waals surface area (Å²) in [5.41, 5.74) is 1.20. The molecule has 0 aliphatic carbocycles. The first-order valence-electron chi connectivity index (χ1n) is 8.90. The Kier molecular flexibility index (Phi) is 7.23. The Labute approximate surface area is 154 Å². The number of hydrogen-bond donors (Lipinski definition) is 4. The second-order valence-corrected chi connectivity index (χ2v) is 6.56. The smallest absolute Gasteiger partial charge is 0.321 e. The van der Waals surface area contributed by atoms with Gasteiger partial charge in [0, 0.05) is 12.6 Å². The van der Waals surface area contributed by atoms with Gasteiger partial charge in [-0.3, -0.25) is 10.1 Å². The summed E-state index contributed by atoms with van der Waals surface area (Å²) in [6.45, 7) is 6.51. The maximum atomic E-state index is 12.1. The molecule has 1 aromatic carbocycles. The summed E-state index contributed by atoms with van der Waals surface area (Å²) in [6, 6.07) is 5.31. The van der Waals surface area contributed by atoms with Gasteiger partial charge >= 0.3 is 6.03 Å². The minimum absolute atomic E-state index is 0.234. The molecule has 1 aliphatic rings. The highest BCUT2D eigenvalue weighted by molar-refractivity contribution is 5.96. The SMILES string of the molecule is CNC(=O)NC(=O)[C@H](C)[NH+]1CC[NH+](Cc2ccc(OC)c(OC)c2)CC1. The normalized spacial score (nSPS) is 20.8. The lowest BCUT2D eigenvalue weighted by Gasteiger charge is -2.32. The monoisotopic (exact) mass is 366 g/mol. The predicted molar refractivity (Wildman–Crippen MR) is 96.7 cm³/mol. The van der Waals surface area contributed by atoms with Crippen molar-refractivity contribution in [2.75, 3.05) is 47.4 Å². The Bertz CT molecular complexity index is 630. The summed E-state index contributed by atoms with van der Waals surface area (Å²) in [5.74, 6) is 1.24. The number of amides is 3. The number of piperazine rings is 1.